The normalized spacial score (nSPS) is 19.8. The molecule has 0 spiro atoms. The van der Waals surface area contributed by atoms with Gasteiger partial charge in [-0.05, 0) is 60.8 Å². The van der Waals surface area contributed by atoms with Crippen molar-refractivity contribution in [3.05, 3.63) is 149 Å². The molecule has 0 saturated carbocycles. The molecule has 0 heterocycles. The summed E-state index contributed by atoms with van der Waals surface area (Å²) in [5, 5.41) is 24.2. The Morgan fingerprint density at radius 1 is 0.756 bits per heavy atom. The summed E-state index contributed by atoms with van der Waals surface area (Å²) in [6, 6.07) is 43.4. The van der Waals surface area contributed by atoms with Gasteiger partial charge in [0.1, 0.15) is 5.60 Å². The van der Waals surface area contributed by atoms with Crippen LogP contribution < -0.4 is 5.19 Å². The van der Waals surface area contributed by atoms with Crippen LogP contribution in [0.15, 0.2) is 132 Å². The average molecular weight is 619 g/mol. The van der Waals surface area contributed by atoms with E-state index >= 15 is 0 Å². The van der Waals surface area contributed by atoms with Crippen LogP contribution in [0.25, 0.3) is 0 Å². The molecule has 0 unspecified atom stereocenters. The number of hydrogen-bond acceptors (Lipinski definition) is 3. The quantitative estimate of drug-likeness (QED) is 0.0684. The molecule has 4 heteroatoms. The van der Waals surface area contributed by atoms with E-state index < -0.39 is 25.9 Å². The predicted octanol–water partition coefficient (Wildman–Crippen LogP) is 8.48. The van der Waals surface area contributed by atoms with E-state index in [1.807, 2.05) is 18.2 Å². The number of aliphatic hydroxyl groups excluding tert-OH is 2. The van der Waals surface area contributed by atoms with Crippen LogP contribution in [0.4, 0.5) is 0 Å². The molecule has 4 atom stereocenters. The Bertz CT molecular complexity index is 1410. The van der Waals surface area contributed by atoms with Crippen molar-refractivity contribution in [2.75, 3.05) is 6.61 Å². The monoisotopic (exact) mass is 618 g/mol. The van der Waals surface area contributed by atoms with Crippen LogP contribution in [0.5, 0.6) is 0 Å². The van der Waals surface area contributed by atoms with Crippen LogP contribution in [-0.4, -0.2) is 37.1 Å². The van der Waals surface area contributed by atoms with Gasteiger partial charge >= 0.3 is 0 Å². The fraction of sp³-hybridized carbons (Fsp3) is 0.366. The van der Waals surface area contributed by atoms with Crippen molar-refractivity contribution in [2.45, 2.75) is 76.5 Å². The molecule has 0 fully saturated rings. The SMILES string of the molecule is CC1=C([C@@H](C)CCCOC(c2ccccc2)(c2ccccc2)c2ccccc2)[C@@H](O)[C@H](CC[Si](C)(C)c2ccccc2)[C@H](O)C1. The second-order valence-corrected chi connectivity index (χ2v) is 18.4. The van der Waals surface area contributed by atoms with Crippen LogP contribution in [0.3, 0.4) is 0 Å². The zero-order valence-electron chi connectivity index (χ0n) is 27.4. The smallest absolute Gasteiger partial charge is 0.143 e. The first-order chi connectivity index (χ1) is 21.7. The summed E-state index contributed by atoms with van der Waals surface area (Å²) in [7, 11) is -1.67. The van der Waals surface area contributed by atoms with Crippen LogP contribution in [0.1, 0.15) is 56.2 Å². The molecule has 0 radical (unpaired) electrons. The molecule has 0 aromatic heterocycles. The molecule has 1 aliphatic carbocycles. The van der Waals surface area contributed by atoms with Crippen molar-refractivity contribution in [1.29, 1.82) is 0 Å². The molecular weight excluding hydrogens is 569 g/mol. The molecule has 0 bridgehead atoms. The van der Waals surface area contributed by atoms with Crippen molar-refractivity contribution in [3.63, 3.8) is 0 Å². The van der Waals surface area contributed by atoms with Gasteiger partial charge in [-0.3, -0.25) is 0 Å². The molecule has 3 nitrogen and oxygen atoms in total. The minimum atomic E-state index is -1.67. The van der Waals surface area contributed by atoms with Gasteiger partial charge in [-0.1, -0.05) is 158 Å². The lowest BCUT2D eigenvalue weighted by Gasteiger charge is -2.39. The minimum Gasteiger partial charge on any atom is -0.392 e. The summed E-state index contributed by atoms with van der Waals surface area (Å²) in [6.45, 7) is 9.70. The van der Waals surface area contributed by atoms with Crippen molar-refractivity contribution in [3.8, 4) is 0 Å². The highest BCUT2D eigenvalue weighted by atomic mass is 28.3. The predicted molar refractivity (Wildman–Crippen MR) is 189 cm³/mol. The minimum absolute atomic E-state index is 0.125. The summed E-state index contributed by atoms with van der Waals surface area (Å²) in [4.78, 5) is 0. The fourth-order valence-electron chi connectivity index (χ4n) is 7.44. The van der Waals surface area contributed by atoms with Gasteiger partial charge in [0.15, 0.2) is 0 Å². The Morgan fingerprint density at radius 2 is 1.22 bits per heavy atom. The lowest BCUT2D eigenvalue weighted by molar-refractivity contribution is 0.00452. The maximum atomic E-state index is 11.7. The molecule has 1 aliphatic rings. The summed E-state index contributed by atoms with van der Waals surface area (Å²) in [6.07, 6.45) is 2.15. The number of rotatable bonds is 13. The van der Waals surface area contributed by atoms with Gasteiger partial charge in [-0.25, -0.2) is 0 Å². The summed E-state index contributed by atoms with van der Waals surface area (Å²) >= 11 is 0. The maximum Gasteiger partial charge on any atom is 0.143 e. The summed E-state index contributed by atoms with van der Waals surface area (Å²) in [5.41, 5.74) is 4.87. The van der Waals surface area contributed by atoms with E-state index in [0.29, 0.717) is 13.0 Å². The van der Waals surface area contributed by atoms with Gasteiger partial charge in [-0.15, -0.1) is 0 Å². The van der Waals surface area contributed by atoms with E-state index in [4.69, 9.17) is 4.74 Å². The molecule has 236 valence electrons. The Hall–Kier alpha value is -3.28. The first-order valence-electron chi connectivity index (χ1n) is 16.7. The van der Waals surface area contributed by atoms with Gasteiger partial charge in [0.25, 0.3) is 0 Å². The number of aliphatic hydroxyl groups is 2. The Labute approximate surface area is 271 Å². The van der Waals surface area contributed by atoms with Gasteiger partial charge in [0.05, 0.1) is 20.3 Å². The Morgan fingerprint density at radius 3 is 1.71 bits per heavy atom. The highest BCUT2D eigenvalue weighted by molar-refractivity contribution is 6.89. The van der Waals surface area contributed by atoms with Crippen molar-refractivity contribution in [1.82, 2.24) is 0 Å². The lowest BCUT2D eigenvalue weighted by atomic mass is 9.73. The molecule has 45 heavy (non-hydrogen) atoms. The van der Waals surface area contributed by atoms with E-state index in [0.717, 1.165) is 53.1 Å². The zero-order chi connectivity index (χ0) is 31.9. The largest absolute Gasteiger partial charge is 0.392 e. The highest BCUT2D eigenvalue weighted by Gasteiger charge is 2.39. The van der Waals surface area contributed by atoms with E-state index in [1.165, 1.54) is 5.19 Å². The average Bonchev–Trinajstić information content (AvgIpc) is 3.06. The first-order valence-corrected chi connectivity index (χ1v) is 19.9. The standard InChI is InChI=1S/C41H50O3Si/c1-31(39-32(2)30-38(42)37(40(39)43)27-29-45(3,4)36-25-15-8-16-26-36)18-17-28-44-41(33-19-9-5-10-20-33,34-21-11-6-12-22-34)35-23-13-7-14-24-35/h5-16,19-26,31,37-38,40,42-43H,17-18,27-30H2,1-4H3/t31-,37+,38+,40-/m0/s1. The Balaban J connectivity index is 1.29. The van der Waals surface area contributed by atoms with Crippen LogP contribution in [-0.2, 0) is 10.3 Å². The number of benzene rings is 4. The molecular formula is C41H50O3Si. The van der Waals surface area contributed by atoms with Crippen molar-refractivity contribution in [2.24, 2.45) is 11.8 Å². The molecule has 0 amide bonds. The molecule has 4 aromatic rings. The number of hydrogen-bond donors (Lipinski definition) is 2. The van der Waals surface area contributed by atoms with Gasteiger partial charge in [0, 0.05) is 12.5 Å². The van der Waals surface area contributed by atoms with Gasteiger partial charge in [-0.2, -0.15) is 0 Å². The Kier molecular flexibility index (Phi) is 10.9. The third-order valence-electron chi connectivity index (χ3n) is 10.1. The molecule has 2 N–H and O–H groups in total. The maximum absolute atomic E-state index is 11.7. The second-order valence-electron chi connectivity index (χ2n) is 13.6. The third kappa shape index (κ3) is 7.42. The van der Waals surface area contributed by atoms with Crippen LogP contribution in [0.2, 0.25) is 19.1 Å². The summed E-state index contributed by atoms with van der Waals surface area (Å²) < 4.78 is 7.02. The molecule has 5 rings (SSSR count). The third-order valence-corrected chi connectivity index (χ3v) is 13.5. The second kappa shape index (κ2) is 14.9. The zero-order valence-corrected chi connectivity index (χ0v) is 28.4. The fourth-order valence-corrected chi connectivity index (χ4v) is 9.88. The first kappa shape index (κ1) is 33.1. The van der Waals surface area contributed by atoms with Gasteiger partial charge < -0.3 is 14.9 Å². The lowest BCUT2D eigenvalue weighted by Crippen LogP contribution is -2.44. The van der Waals surface area contributed by atoms with Crippen LogP contribution >= 0.6 is 0 Å². The van der Waals surface area contributed by atoms with Crippen molar-refractivity contribution >= 4 is 13.3 Å². The summed E-state index contributed by atoms with van der Waals surface area (Å²) in [5.74, 6) is 0.0809. The van der Waals surface area contributed by atoms with E-state index in [1.54, 1.807) is 0 Å². The highest BCUT2D eigenvalue weighted by Crippen LogP contribution is 2.42. The van der Waals surface area contributed by atoms with E-state index in [-0.39, 0.29) is 11.8 Å². The molecule has 0 aliphatic heterocycles. The molecule has 0 saturated heterocycles. The number of ether oxygens (including phenoxy) is 1. The topological polar surface area (TPSA) is 49.7 Å². The molecule has 4 aromatic carbocycles. The van der Waals surface area contributed by atoms with Gasteiger partial charge in [0.2, 0.25) is 0 Å². The van der Waals surface area contributed by atoms with E-state index in [9.17, 15) is 10.2 Å². The van der Waals surface area contributed by atoms with Crippen LogP contribution in [0, 0.1) is 11.8 Å². The van der Waals surface area contributed by atoms with E-state index in [2.05, 4.69) is 130 Å². The van der Waals surface area contributed by atoms with Crippen molar-refractivity contribution < 1.29 is 14.9 Å².